The van der Waals surface area contributed by atoms with E-state index in [0.717, 1.165) is 30.0 Å². The van der Waals surface area contributed by atoms with Gasteiger partial charge in [-0.05, 0) is 31.5 Å². The summed E-state index contributed by atoms with van der Waals surface area (Å²) in [4.78, 5) is 2.34. The van der Waals surface area contributed by atoms with Gasteiger partial charge in [-0.15, -0.1) is 0 Å². The lowest BCUT2D eigenvalue weighted by Gasteiger charge is -2.28. The maximum atomic E-state index is 10.6. The molecule has 0 bridgehead atoms. The SMILES string of the molecule is CCC(CC)CN(CC)CC(O)c1cc(C)ccc1OC. The van der Waals surface area contributed by atoms with Crippen LogP contribution in [0, 0.1) is 12.8 Å². The third-order valence-electron chi connectivity index (χ3n) is 4.29. The van der Waals surface area contributed by atoms with Crippen LogP contribution in [0.3, 0.4) is 0 Å². The molecule has 0 fully saturated rings. The molecule has 0 radical (unpaired) electrons. The molecule has 0 saturated heterocycles. The standard InChI is InChI=1S/C18H31NO2/c1-6-15(7-2)12-19(8-3)13-17(20)16-11-14(4)9-10-18(16)21-5/h9-11,15,17,20H,6-8,12-13H2,1-5H3. The average Bonchev–Trinajstić information content (AvgIpc) is 2.51. The summed E-state index contributed by atoms with van der Waals surface area (Å²) < 4.78 is 5.38. The molecular weight excluding hydrogens is 262 g/mol. The number of benzene rings is 1. The minimum atomic E-state index is -0.505. The number of aliphatic hydroxyl groups excluding tert-OH is 1. The first-order valence-electron chi connectivity index (χ1n) is 8.10. The first kappa shape index (κ1) is 18.0. The van der Waals surface area contributed by atoms with E-state index in [9.17, 15) is 5.11 Å². The molecule has 0 heterocycles. The Morgan fingerprint density at radius 3 is 2.33 bits per heavy atom. The van der Waals surface area contributed by atoms with Crippen LogP contribution in [0.25, 0.3) is 0 Å². The molecule has 3 nitrogen and oxygen atoms in total. The fourth-order valence-corrected chi connectivity index (χ4v) is 2.70. The van der Waals surface area contributed by atoms with Crippen molar-refractivity contribution in [1.82, 2.24) is 4.90 Å². The van der Waals surface area contributed by atoms with Crippen LogP contribution in [-0.2, 0) is 0 Å². The molecule has 120 valence electrons. The highest BCUT2D eigenvalue weighted by molar-refractivity contribution is 5.38. The molecule has 1 aromatic rings. The molecule has 0 saturated carbocycles. The van der Waals surface area contributed by atoms with E-state index in [4.69, 9.17) is 4.74 Å². The number of likely N-dealkylation sites (N-methyl/N-ethyl adjacent to an activating group) is 1. The molecule has 0 spiro atoms. The predicted octanol–water partition coefficient (Wildman–Crippen LogP) is 3.80. The van der Waals surface area contributed by atoms with Crippen molar-refractivity contribution in [2.24, 2.45) is 5.92 Å². The summed E-state index contributed by atoms with van der Waals surface area (Å²) in [5, 5.41) is 10.6. The Labute approximate surface area is 129 Å². The summed E-state index contributed by atoms with van der Waals surface area (Å²) in [6.45, 7) is 11.3. The first-order chi connectivity index (χ1) is 10.0. The Morgan fingerprint density at radius 2 is 1.81 bits per heavy atom. The number of methoxy groups -OCH3 is 1. The fourth-order valence-electron chi connectivity index (χ4n) is 2.70. The van der Waals surface area contributed by atoms with Crippen LogP contribution in [0.1, 0.15) is 50.8 Å². The van der Waals surface area contributed by atoms with E-state index in [-0.39, 0.29) is 0 Å². The summed E-state index contributed by atoms with van der Waals surface area (Å²) >= 11 is 0. The Morgan fingerprint density at radius 1 is 1.14 bits per heavy atom. The van der Waals surface area contributed by atoms with E-state index >= 15 is 0 Å². The molecule has 3 heteroatoms. The molecule has 1 atom stereocenters. The molecule has 0 aliphatic carbocycles. The molecule has 1 aromatic carbocycles. The van der Waals surface area contributed by atoms with Crippen LogP contribution in [0.15, 0.2) is 18.2 Å². The lowest BCUT2D eigenvalue weighted by molar-refractivity contribution is 0.103. The van der Waals surface area contributed by atoms with Gasteiger partial charge in [0, 0.05) is 18.7 Å². The van der Waals surface area contributed by atoms with Crippen LogP contribution >= 0.6 is 0 Å². The zero-order valence-electron chi connectivity index (χ0n) is 14.2. The maximum absolute atomic E-state index is 10.6. The molecule has 0 aliphatic heterocycles. The van der Waals surface area contributed by atoms with Crippen molar-refractivity contribution in [3.8, 4) is 5.75 Å². The highest BCUT2D eigenvalue weighted by Crippen LogP contribution is 2.27. The zero-order valence-corrected chi connectivity index (χ0v) is 14.2. The molecule has 0 aromatic heterocycles. The van der Waals surface area contributed by atoms with Gasteiger partial charge in [-0.25, -0.2) is 0 Å². The van der Waals surface area contributed by atoms with E-state index in [0.29, 0.717) is 12.5 Å². The van der Waals surface area contributed by atoms with Gasteiger partial charge in [-0.3, -0.25) is 0 Å². The van der Waals surface area contributed by atoms with E-state index in [1.54, 1.807) is 7.11 Å². The molecular formula is C18H31NO2. The second-order valence-electron chi connectivity index (χ2n) is 5.80. The number of ether oxygens (including phenoxy) is 1. The summed E-state index contributed by atoms with van der Waals surface area (Å²) in [5.41, 5.74) is 2.04. The first-order valence-corrected chi connectivity index (χ1v) is 8.10. The second kappa shape index (κ2) is 9.06. The number of hydrogen-bond donors (Lipinski definition) is 1. The number of rotatable bonds is 9. The van der Waals surface area contributed by atoms with Gasteiger partial charge in [0.05, 0.1) is 13.2 Å². The smallest absolute Gasteiger partial charge is 0.124 e. The van der Waals surface area contributed by atoms with E-state index in [2.05, 4.69) is 25.7 Å². The highest BCUT2D eigenvalue weighted by atomic mass is 16.5. The average molecular weight is 293 g/mol. The Balaban J connectivity index is 2.78. The van der Waals surface area contributed by atoms with Gasteiger partial charge in [0.2, 0.25) is 0 Å². The minimum absolute atomic E-state index is 0.505. The Kier molecular flexibility index (Phi) is 7.76. The van der Waals surface area contributed by atoms with Gasteiger partial charge in [0.25, 0.3) is 0 Å². The molecule has 1 unspecified atom stereocenters. The van der Waals surface area contributed by atoms with Crippen LogP contribution in [0.5, 0.6) is 5.75 Å². The van der Waals surface area contributed by atoms with Gasteiger partial charge in [0.1, 0.15) is 5.75 Å². The molecule has 0 amide bonds. The van der Waals surface area contributed by atoms with Crippen molar-refractivity contribution in [3.05, 3.63) is 29.3 Å². The lowest BCUT2D eigenvalue weighted by Crippen LogP contribution is -2.33. The molecule has 21 heavy (non-hydrogen) atoms. The Bertz CT molecular complexity index is 416. The fraction of sp³-hybridized carbons (Fsp3) is 0.667. The number of nitrogens with zero attached hydrogens (tertiary/aromatic N) is 1. The van der Waals surface area contributed by atoms with Gasteiger partial charge < -0.3 is 14.7 Å². The van der Waals surface area contributed by atoms with Crippen LogP contribution in [0.2, 0.25) is 0 Å². The van der Waals surface area contributed by atoms with E-state index < -0.39 is 6.10 Å². The van der Waals surface area contributed by atoms with Crippen molar-refractivity contribution in [3.63, 3.8) is 0 Å². The summed E-state index contributed by atoms with van der Waals surface area (Å²) in [6, 6.07) is 5.97. The monoisotopic (exact) mass is 293 g/mol. The number of hydrogen-bond acceptors (Lipinski definition) is 3. The molecule has 1 N–H and O–H groups in total. The summed E-state index contributed by atoms with van der Waals surface area (Å²) in [6.07, 6.45) is 1.88. The van der Waals surface area contributed by atoms with Crippen molar-refractivity contribution >= 4 is 0 Å². The maximum Gasteiger partial charge on any atom is 0.124 e. The topological polar surface area (TPSA) is 32.7 Å². The predicted molar refractivity (Wildman–Crippen MR) is 88.9 cm³/mol. The summed E-state index contributed by atoms with van der Waals surface area (Å²) in [5.74, 6) is 1.48. The van der Waals surface area contributed by atoms with Gasteiger partial charge in [-0.2, -0.15) is 0 Å². The van der Waals surface area contributed by atoms with Crippen molar-refractivity contribution in [1.29, 1.82) is 0 Å². The van der Waals surface area contributed by atoms with Crippen LogP contribution in [-0.4, -0.2) is 36.8 Å². The second-order valence-corrected chi connectivity index (χ2v) is 5.80. The highest BCUT2D eigenvalue weighted by Gasteiger charge is 2.18. The number of aliphatic hydroxyl groups is 1. The van der Waals surface area contributed by atoms with E-state index in [1.165, 1.54) is 12.8 Å². The minimum Gasteiger partial charge on any atom is -0.496 e. The van der Waals surface area contributed by atoms with Crippen molar-refractivity contribution in [2.75, 3.05) is 26.7 Å². The largest absolute Gasteiger partial charge is 0.496 e. The van der Waals surface area contributed by atoms with Crippen molar-refractivity contribution < 1.29 is 9.84 Å². The van der Waals surface area contributed by atoms with Crippen molar-refractivity contribution in [2.45, 2.75) is 46.6 Å². The third kappa shape index (κ3) is 5.33. The zero-order chi connectivity index (χ0) is 15.8. The normalized spacial score (nSPS) is 13.0. The van der Waals surface area contributed by atoms with Gasteiger partial charge >= 0.3 is 0 Å². The molecule has 0 aliphatic rings. The quantitative estimate of drug-likeness (QED) is 0.752. The van der Waals surface area contributed by atoms with Crippen LogP contribution < -0.4 is 4.74 Å². The lowest BCUT2D eigenvalue weighted by atomic mass is 10.0. The summed E-state index contributed by atoms with van der Waals surface area (Å²) in [7, 11) is 1.66. The van der Waals surface area contributed by atoms with Crippen LogP contribution in [0.4, 0.5) is 0 Å². The van der Waals surface area contributed by atoms with E-state index in [1.807, 2.05) is 25.1 Å². The third-order valence-corrected chi connectivity index (χ3v) is 4.29. The van der Waals surface area contributed by atoms with Gasteiger partial charge in [-0.1, -0.05) is 45.2 Å². The Hall–Kier alpha value is -1.06. The molecule has 1 rings (SSSR count). The van der Waals surface area contributed by atoms with Gasteiger partial charge in [0.15, 0.2) is 0 Å². The number of aryl methyl sites for hydroxylation is 1.